The molecule has 8 nitrogen and oxygen atoms in total. The van der Waals surface area contributed by atoms with Crippen molar-refractivity contribution in [3.63, 3.8) is 0 Å². The number of carbonyl (C=O) groups excluding carboxylic acids is 1. The second-order valence-electron chi connectivity index (χ2n) is 3.08. The molecule has 0 N–H and O–H groups in total. The first kappa shape index (κ1) is 10.7. The molecule has 2 rings (SSSR count). The van der Waals surface area contributed by atoms with Crippen molar-refractivity contribution in [2.24, 2.45) is 0 Å². The molecule has 0 spiro atoms. The van der Waals surface area contributed by atoms with Gasteiger partial charge < -0.3 is 19.6 Å². The molecule has 16 heavy (non-hydrogen) atoms. The van der Waals surface area contributed by atoms with Crippen LogP contribution in [0.5, 0.6) is 6.01 Å². The number of fused-ring (bicyclic) bond motifs is 1. The second kappa shape index (κ2) is 3.97. The van der Waals surface area contributed by atoms with Gasteiger partial charge in [0.1, 0.15) is 12.8 Å². The van der Waals surface area contributed by atoms with Gasteiger partial charge in [0, 0.05) is 16.6 Å². The first-order valence-electron chi connectivity index (χ1n) is 4.26. The maximum absolute atomic E-state index is 10.5. The molecule has 1 aliphatic rings. The number of nitro groups is 1. The molecule has 0 amide bonds. The van der Waals surface area contributed by atoms with Gasteiger partial charge in [-0.3, -0.25) is 4.57 Å². The molecule has 2 heterocycles. The topological polar surface area (TPSA) is 96.5 Å². The van der Waals surface area contributed by atoms with Gasteiger partial charge in [0.2, 0.25) is 0 Å². The van der Waals surface area contributed by atoms with Crippen LogP contribution < -0.4 is 4.74 Å². The summed E-state index contributed by atoms with van der Waals surface area (Å²) < 4.78 is 11.2. The Hall–Kier alpha value is -1.83. The molecule has 0 radical (unpaired) electrons. The summed E-state index contributed by atoms with van der Waals surface area (Å²) in [7, 11) is 0. The number of ether oxygens (including phenoxy) is 2. The van der Waals surface area contributed by atoms with Gasteiger partial charge >= 0.3 is 17.3 Å². The van der Waals surface area contributed by atoms with E-state index in [1.54, 1.807) is 0 Å². The van der Waals surface area contributed by atoms with Crippen molar-refractivity contribution in [1.82, 2.24) is 9.55 Å². The Kier molecular flexibility index (Phi) is 2.65. The molecule has 0 unspecified atom stereocenters. The molecule has 0 saturated carbocycles. The smallest absolute Gasteiger partial charge is 0.414 e. The van der Waals surface area contributed by atoms with Crippen molar-refractivity contribution < 1.29 is 19.2 Å². The Labute approximate surface area is 93.9 Å². The monoisotopic (exact) mass is 247 g/mol. The molecule has 0 saturated heterocycles. The highest BCUT2D eigenvalue weighted by Gasteiger charge is 2.29. The number of halogens is 1. The first-order chi connectivity index (χ1) is 7.56. The molecule has 9 heteroatoms. The third kappa shape index (κ3) is 2.06. The van der Waals surface area contributed by atoms with Crippen LogP contribution in [0.3, 0.4) is 0 Å². The van der Waals surface area contributed by atoms with Crippen molar-refractivity contribution in [2.75, 3.05) is 6.61 Å². The van der Waals surface area contributed by atoms with Gasteiger partial charge in [-0.1, -0.05) is 0 Å². The molecular formula is C7H6ClN3O5. The maximum atomic E-state index is 10.5. The Morgan fingerprint density at radius 1 is 1.81 bits per heavy atom. The molecule has 86 valence electrons. The van der Waals surface area contributed by atoms with E-state index in [-0.39, 0.29) is 25.0 Å². The van der Waals surface area contributed by atoms with Gasteiger partial charge in [-0.05, 0) is 4.92 Å². The van der Waals surface area contributed by atoms with E-state index in [1.165, 1.54) is 10.8 Å². The summed E-state index contributed by atoms with van der Waals surface area (Å²) in [6.07, 6.45) is 0.648. The van der Waals surface area contributed by atoms with E-state index >= 15 is 0 Å². The van der Waals surface area contributed by atoms with Crippen LogP contribution in [0, 0.1) is 10.1 Å². The molecular weight excluding hydrogens is 242 g/mol. The number of nitrogens with zero attached hydrogens (tertiary/aromatic N) is 3. The van der Waals surface area contributed by atoms with E-state index in [4.69, 9.17) is 21.1 Å². The SMILES string of the molecule is O=C(Cl)O[C@@H]1COc2nc([N+](=O)[O-])cn2C1. The minimum Gasteiger partial charge on any atom is -0.445 e. The van der Waals surface area contributed by atoms with Gasteiger partial charge in [0.25, 0.3) is 0 Å². The molecule has 1 aromatic heterocycles. The van der Waals surface area contributed by atoms with Gasteiger partial charge in [-0.2, -0.15) is 0 Å². The molecule has 1 aliphatic heterocycles. The predicted octanol–water partition coefficient (Wildman–Crippen LogP) is 0.928. The van der Waals surface area contributed by atoms with Crippen LogP contribution >= 0.6 is 11.6 Å². The Bertz CT molecular complexity index is 445. The van der Waals surface area contributed by atoms with Crippen molar-refractivity contribution in [2.45, 2.75) is 12.6 Å². The Morgan fingerprint density at radius 2 is 2.56 bits per heavy atom. The highest BCUT2D eigenvalue weighted by molar-refractivity contribution is 6.61. The lowest BCUT2D eigenvalue weighted by Crippen LogP contribution is -2.32. The van der Waals surface area contributed by atoms with Crippen LogP contribution in [0.15, 0.2) is 6.20 Å². The lowest BCUT2D eigenvalue weighted by atomic mass is 10.3. The van der Waals surface area contributed by atoms with Gasteiger partial charge in [-0.25, -0.2) is 4.79 Å². The highest BCUT2D eigenvalue weighted by atomic mass is 35.5. The number of aromatic nitrogens is 2. The van der Waals surface area contributed by atoms with Crippen molar-refractivity contribution in [1.29, 1.82) is 0 Å². The van der Waals surface area contributed by atoms with Gasteiger partial charge in [0.05, 0.1) is 6.54 Å². The summed E-state index contributed by atoms with van der Waals surface area (Å²) in [4.78, 5) is 23.9. The van der Waals surface area contributed by atoms with Crippen LogP contribution in [0.1, 0.15) is 0 Å². The summed E-state index contributed by atoms with van der Waals surface area (Å²) in [6.45, 7) is 0.307. The normalized spacial score (nSPS) is 18.4. The molecule has 0 bridgehead atoms. The zero-order valence-electron chi connectivity index (χ0n) is 7.83. The number of carbonyl (C=O) groups is 1. The van der Waals surface area contributed by atoms with Crippen LogP contribution in [0.25, 0.3) is 0 Å². The Morgan fingerprint density at radius 3 is 3.19 bits per heavy atom. The summed E-state index contributed by atoms with van der Waals surface area (Å²) in [5.41, 5.74) is -0.938. The fourth-order valence-corrected chi connectivity index (χ4v) is 1.49. The molecule has 1 aromatic rings. The predicted molar refractivity (Wildman–Crippen MR) is 50.5 cm³/mol. The third-order valence-corrected chi connectivity index (χ3v) is 2.06. The van der Waals surface area contributed by atoms with Crippen LogP contribution in [-0.2, 0) is 11.3 Å². The largest absolute Gasteiger partial charge is 0.445 e. The van der Waals surface area contributed by atoms with E-state index in [2.05, 4.69) is 4.98 Å². The van der Waals surface area contributed by atoms with E-state index in [9.17, 15) is 14.9 Å². The summed E-state index contributed by atoms with van der Waals surface area (Å²) in [6, 6.07) is 0.133. The zero-order chi connectivity index (χ0) is 11.7. The number of imidazole rings is 1. The second-order valence-corrected chi connectivity index (χ2v) is 3.39. The number of hydrogen-bond acceptors (Lipinski definition) is 6. The molecule has 1 atom stereocenters. The molecule has 0 fully saturated rings. The summed E-state index contributed by atoms with van der Waals surface area (Å²) >= 11 is 5.04. The molecule has 0 aliphatic carbocycles. The highest BCUT2D eigenvalue weighted by Crippen LogP contribution is 2.22. The van der Waals surface area contributed by atoms with Crippen LogP contribution in [-0.4, -0.2) is 32.6 Å². The maximum Gasteiger partial charge on any atom is 0.414 e. The average molecular weight is 248 g/mol. The van der Waals surface area contributed by atoms with E-state index in [0.29, 0.717) is 0 Å². The quantitative estimate of drug-likeness (QED) is 0.438. The van der Waals surface area contributed by atoms with Crippen molar-refractivity contribution in [3.05, 3.63) is 16.3 Å². The van der Waals surface area contributed by atoms with Crippen molar-refractivity contribution >= 4 is 22.8 Å². The standard InChI is InChI=1S/C7H6ClN3O5/c8-6(12)16-4-1-10-2-5(11(13)14)9-7(10)15-3-4/h2,4H,1,3H2/t4-/m0/s1. The zero-order valence-corrected chi connectivity index (χ0v) is 8.59. The van der Waals surface area contributed by atoms with Crippen LogP contribution in [0.2, 0.25) is 0 Å². The van der Waals surface area contributed by atoms with E-state index in [0.717, 1.165) is 0 Å². The minimum absolute atomic E-state index is 0.0760. The average Bonchev–Trinajstić information content (AvgIpc) is 2.59. The lowest BCUT2D eigenvalue weighted by Gasteiger charge is -2.20. The summed E-state index contributed by atoms with van der Waals surface area (Å²) in [5.74, 6) is -0.312. The first-order valence-corrected chi connectivity index (χ1v) is 4.64. The summed E-state index contributed by atoms with van der Waals surface area (Å²) in [5, 5.41) is 10.4. The fourth-order valence-electron chi connectivity index (χ4n) is 1.36. The van der Waals surface area contributed by atoms with Crippen molar-refractivity contribution in [3.8, 4) is 6.01 Å². The lowest BCUT2D eigenvalue weighted by molar-refractivity contribution is -0.389. The van der Waals surface area contributed by atoms with E-state index < -0.39 is 16.5 Å². The minimum atomic E-state index is -0.938. The third-order valence-electron chi connectivity index (χ3n) is 1.97. The Balaban J connectivity index is 2.14. The fraction of sp³-hybridized carbons (Fsp3) is 0.429. The number of rotatable bonds is 2. The van der Waals surface area contributed by atoms with Gasteiger partial charge in [-0.15, -0.1) is 0 Å². The van der Waals surface area contributed by atoms with Crippen LogP contribution in [0.4, 0.5) is 10.6 Å². The number of hydrogen-bond donors (Lipinski definition) is 0. The van der Waals surface area contributed by atoms with Gasteiger partial charge in [0.15, 0.2) is 6.10 Å². The van der Waals surface area contributed by atoms with E-state index in [1.807, 2.05) is 0 Å². The molecule has 0 aromatic carbocycles.